The predicted octanol–water partition coefficient (Wildman–Crippen LogP) is 12.8. The van der Waals surface area contributed by atoms with Crippen LogP contribution in [0.1, 0.15) is 0 Å². The molecule has 11 aromatic rings. The SMILES string of the molecule is c1ccc(-c2nc(-c3ccccc3)nc(-c3cccc(-c4ccc(-n5c6ccccc6c6ccccc65)c(-c5nc(-c6ccccc6)nc(-c6ccccc6)n5)c4)c3)n2)cc1. The number of benzene rings is 8. The second kappa shape index (κ2) is 15.4. The summed E-state index contributed by atoms with van der Waals surface area (Å²) in [5.74, 6) is 3.60. The quantitative estimate of drug-likeness (QED) is 0.153. The minimum absolute atomic E-state index is 0.569. The Balaban J connectivity index is 1.13. The first-order valence-corrected chi connectivity index (χ1v) is 20.2. The van der Waals surface area contributed by atoms with Gasteiger partial charge in [-0.1, -0.05) is 182 Å². The Morgan fingerprint density at radius 2 is 0.590 bits per heavy atom. The average Bonchev–Trinajstić information content (AvgIpc) is 3.69. The Morgan fingerprint density at radius 1 is 0.246 bits per heavy atom. The van der Waals surface area contributed by atoms with Gasteiger partial charge in [-0.2, -0.15) is 0 Å². The Hall–Kier alpha value is -8.42. The topological polar surface area (TPSA) is 82.3 Å². The van der Waals surface area contributed by atoms with Gasteiger partial charge in [0.05, 0.1) is 16.7 Å². The minimum atomic E-state index is 0.569. The van der Waals surface area contributed by atoms with Gasteiger partial charge in [0.1, 0.15) is 0 Å². The summed E-state index contributed by atoms with van der Waals surface area (Å²) >= 11 is 0. The third-order valence-corrected chi connectivity index (χ3v) is 10.9. The van der Waals surface area contributed by atoms with Crippen molar-refractivity contribution in [3.05, 3.63) is 212 Å². The molecule has 0 saturated carbocycles. The summed E-state index contributed by atoms with van der Waals surface area (Å²) in [4.78, 5) is 30.5. The molecule has 11 rings (SSSR count). The smallest absolute Gasteiger partial charge is 0.166 e. The van der Waals surface area contributed by atoms with Gasteiger partial charge in [-0.3, -0.25) is 0 Å². The van der Waals surface area contributed by atoms with Crippen molar-refractivity contribution in [2.45, 2.75) is 0 Å². The molecular weight excluding hydrogens is 747 g/mol. The molecule has 0 saturated heterocycles. The lowest BCUT2D eigenvalue weighted by atomic mass is 9.99. The van der Waals surface area contributed by atoms with Crippen LogP contribution in [0.3, 0.4) is 0 Å². The van der Waals surface area contributed by atoms with E-state index in [0.29, 0.717) is 34.9 Å². The van der Waals surface area contributed by atoms with Crippen LogP contribution in [0.5, 0.6) is 0 Å². The molecule has 0 N–H and O–H groups in total. The van der Waals surface area contributed by atoms with Crippen molar-refractivity contribution < 1.29 is 0 Å². The van der Waals surface area contributed by atoms with E-state index in [-0.39, 0.29) is 0 Å². The molecule has 7 nitrogen and oxygen atoms in total. The number of para-hydroxylation sites is 2. The zero-order chi connectivity index (χ0) is 40.5. The fourth-order valence-corrected chi connectivity index (χ4v) is 7.98. The van der Waals surface area contributed by atoms with Crippen molar-refractivity contribution in [2.24, 2.45) is 0 Å². The van der Waals surface area contributed by atoms with Crippen molar-refractivity contribution in [1.82, 2.24) is 34.5 Å². The van der Waals surface area contributed by atoms with Gasteiger partial charge in [0.15, 0.2) is 34.9 Å². The number of hydrogen-bond acceptors (Lipinski definition) is 6. The second-order valence-electron chi connectivity index (χ2n) is 14.8. The third-order valence-electron chi connectivity index (χ3n) is 10.9. The second-order valence-corrected chi connectivity index (χ2v) is 14.8. The van der Waals surface area contributed by atoms with Crippen LogP contribution < -0.4 is 0 Å². The maximum absolute atomic E-state index is 5.24. The van der Waals surface area contributed by atoms with Gasteiger partial charge in [0.25, 0.3) is 0 Å². The molecule has 0 spiro atoms. The standard InChI is InChI=1S/C54H35N7/c1-5-18-36(19-6-1)49-55-50(37-20-7-2-8-21-37)58-53(57-49)42-27-17-26-40(34-42)41-32-33-48(61-46-30-15-13-28-43(46)44-29-14-16-31-47(44)61)45(35-41)54-59-51(38-22-9-3-10-23-38)56-52(60-54)39-24-11-4-12-25-39/h1-35H. The summed E-state index contributed by atoms with van der Waals surface area (Å²) in [5, 5.41) is 2.35. The highest BCUT2D eigenvalue weighted by Gasteiger charge is 2.21. The Morgan fingerprint density at radius 3 is 1.05 bits per heavy atom. The highest BCUT2D eigenvalue weighted by atomic mass is 15.1. The monoisotopic (exact) mass is 781 g/mol. The number of hydrogen-bond donors (Lipinski definition) is 0. The molecule has 0 amide bonds. The average molecular weight is 782 g/mol. The number of fused-ring (bicyclic) bond motifs is 3. The fraction of sp³-hybridized carbons (Fsp3) is 0. The first-order chi connectivity index (χ1) is 30.2. The molecule has 0 aliphatic rings. The molecule has 0 aliphatic heterocycles. The van der Waals surface area contributed by atoms with Crippen LogP contribution in [0.15, 0.2) is 212 Å². The van der Waals surface area contributed by atoms with Crippen LogP contribution in [-0.4, -0.2) is 34.5 Å². The Bertz CT molecular complexity index is 3180. The van der Waals surface area contributed by atoms with Gasteiger partial charge < -0.3 is 4.57 Å². The van der Waals surface area contributed by atoms with E-state index in [1.54, 1.807) is 0 Å². The molecule has 3 aromatic heterocycles. The van der Waals surface area contributed by atoms with Gasteiger partial charge in [0.2, 0.25) is 0 Å². The lowest BCUT2D eigenvalue weighted by molar-refractivity contribution is 1.06. The highest BCUT2D eigenvalue weighted by Crippen LogP contribution is 2.39. The maximum atomic E-state index is 5.24. The van der Waals surface area contributed by atoms with E-state index < -0.39 is 0 Å². The molecule has 0 unspecified atom stereocenters. The van der Waals surface area contributed by atoms with E-state index in [4.69, 9.17) is 29.9 Å². The molecular formula is C54H35N7. The zero-order valence-corrected chi connectivity index (χ0v) is 32.8. The van der Waals surface area contributed by atoms with Crippen LogP contribution >= 0.6 is 0 Å². The van der Waals surface area contributed by atoms with Crippen molar-refractivity contribution in [3.63, 3.8) is 0 Å². The summed E-state index contributed by atoms with van der Waals surface area (Å²) < 4.78 is 2.33. The summed E-state index contributed by atoms with van der Waals surface area (Å²) in [5.41, 5.74) is 10.5. The molecule has 0 fully saturated rings. The lowest BCUT2D eigenvalue weighted by Crippen LogP contribution is -2.04. The van der Waals surface area contributed by atoms with Gasteiger partial charge in [0, 0.05) is 44.2 Å². The maximum Gasteiger partial charge on any atom is 0.166 e. The third kappa shape index (κ3) is 6.80. The summed E-state index contributed by atoms with van der Waals surface area (Å²) in [6.07, 6.45) is 0. The van der Waals surface area contributed by atoms with E-state index in [0.717, 1.165) is 61.2 Å². The first kappa shape index (κ1) is 35.7. The highest BCUT2D eigenvalue weighted by molar-refractivity contribution is 6.09. The molecule has 0 bridgehead atoms. The van der Waals surface area contributed by atoms with Gasteiger partial charge in [-0.15, -0.1) is 0 Å². The Kier molecular flexibility index (Phi) is 9.02. The molecule has 0 aliphatic carbocycles. The molecule has 0 atom stereocenters. The van der Waals surface area contributed by atoms with Gasteiger partial charge in [-0.05, 0) is 41.5 Å². The van der Waals surface area contributed by atoms with Crippen LogP contribution in [0.4, 0.5) is 0 Å². The minimum Gasteiger partial charge on any atom is -0.309 e. The van der Waals surface area contributed by atoms with Crippen molar-refractivity contribution >= 4 is 21.8 Å². The van der Waals surface area contributed by atoms with Crippen LogP contribution in [-0.2, 0) is 0 Å². The van der Waals surface area contributed by atoms with Crippen molar-refractivity contribution in [3.8, 4) is 85.1 Å². The van der Waals surface area contributed by atoms with Crippen LogP contribution in [0.25, 0.3) is 107 Å². The van der Waals surface area contributed by atoms with E-state index in [1.807, 2.05) is 121 Å². The van der Waals surface area contributed by atoms with Crippen LogP contribution in [0.2, 0.25) is 0 Å². The predicted molar refractivity (Wildman–Crippen MR) is 246 cm³/mol. The van der Waals surface area contributed by atoms with E-state index in [1.165, 1.54) is 10.8 Å². The normalized spacial score (nSPS) is 11.3. The largest absolute Gasteiger partial charge is 0.309 e. The van der Waals surface area contributed by atoms with E-state index in [2.05, 4.69) is 95.6 Å². The lowest BCUT2D eigenvalue weighted by Gasteiger charge is -2.16. The van der Waals surface area contributed by atoms with Gasteiger partial charge >= 0.3 is 0 Å². The first-order valence-electron chi connectivity index (χ1n) is 20.2. The molecule has 0 radical (unpaired) electrons. The number of rotatable bonds is 8. The molecule has 3 heterocycles. The van der Waals surface area contributed by atoms with Crippen LogP contribution in [0, 0.1) is 0 Å². The van der Waals surface area contributed by atoms with Crippen molar-refractivity contribution in [1.29, 1.82) is 0 Å². The fourth-order valence-electron chi connectivity index (χ4n) is 7.98. The summed E-state index contributed by atoms with van der Waals surface area (Å²) in [6, 6.07) is 72.4. The molecule has 61 heavy (non-hydrogen) atoms. The summed E-state index contributed by atoms with van der Waals surface area (Å²) in [6.45, 7) is 0. The molecule has 8 aromatic carbocycles. The Labute approximate surface area is 352 Å². The van der Waals surface area contributed by atoms with E-state index >= 15 is 0 Å². The number of nitrogens with zero attached hydrogens (tertiary/aromatic N) is 7. The summed E-state index contributed by atoms with van der Waals surface area (Å²) in [7, 11) is 0. The molecule has 7 heteroatoms. The van der Waals surface area contributed by atoms with E-state index in [9.17, 15) is 0 Å². The van der Waals surface area contributed by atoms with Gasteiger partial charge in [-0.25, -0.2) is 29.9 Å². The zero-order valence-electron chi connectivity index (χ0n) is 32.8. The number of aromatic nitrogens is 7. The molecule has 286 valence electrons. The van der Waals surface area contributed by atoms with Crippen molar-refractivity contribution in [2.75, 3.05) is 0 Å².